The Balaban J connectivity index is 0.000000329. The number of H-pyrrole nitrogens is 1. The maximum atomic E-state index is 4.35. The third kappa shape index (κ3) is 2.64. The number of rotatable bonds is 0. The maximum absolute atomic E-state index is 4.35. The van der Waals surface area contributed by atoms with Crippen LogP contribution in [0.15, 0.2) is 12.5 Å². The minimum absolute atomic E-state index is 1.10. The number of nitrogens with one attached hydrogen (secondary N) is 2. The molecule has 4 nitrogen and oxygen atoms in total. The summed E-state index contributed by atoms with van der Waals surface area (Å²) in [6.45, 7) is 0. The second-order valence-corrected chi connectivity index (χ2v) is 4.43. The van der Waals surface area contributed by atoms with Crippen molar-refractivity contribution in [3.63, 3.8) is 0 Å². The molecular weight excluding hydrogens is 212 g/mol. The SMILES string of the molecule is CNC.c1ncc2[nH]c3c(c2n1)CCCCC3. The van der Waals surface area contributed by atoms with E-state index < -0.39 is 0 Å². The molecule has 2 aromatic rings. The Morgan fingerprint density at radius 3 is 2.76 bits per heavy atom. The summed E-state index contributed by atoms with van der Waals surface area (Å²) in [5, 5.41) is 2.75. The van der Waals surface area contributed by atoms with Crippen LogP contribution >= 0.6 is 0 Å². The van der Waals surface area contributed by atoms with E-state index in [1.54, 1.807) is 6.33 Å². The molecule has 2 N–H and O–H groups in total. The first-order valence-electron chi connectivity index (χ1n) is 6.24. The molecule has 0 aromatic carbocycles. The Hall–Kier alpha value is -1.42. The van der Waals surface area contributed by atoms with Crippen LogP contribution in [0.2, 0.25) is 0 Å². The second-order valence-electron chi connectivity index (χ2n) is 4.43. The summed E-state index contributed by atoms with van der Waals surface area (Å²) in [6.07, 6.45) is 9.79. The van der Waals surface area contributed by atoms with Gasteiger partial charge in [-0.1, -0.05) is 6.42 Å². The van der Waals surface area contributed by atoms with Crippen LogP contribution in [0, 0.1) is 0 Å². The third-order valence-electron chi connectivity index (χ3n) is 3.00. The van der Waals surface area contributed by atoms with E-state index in [1.165, 1.54) is 43.4 Å². The first-order valence-corrected chi connectivity index (χ1v) is 6.24. The van der Waals surface area contributed by atoms with E-state index in [2.05, 4.69) is 20.3 Å². The van der Waals surface area contributed by atoms with E-state index in [4.69, 9.17) is 0 Å². The number of nitrogens with zero attached hydrogens (tertiary/aromatic N) is 2. The first-order chi connectivity index (χ1) is 8.36. The Morgan fingerprint density at radius 1 is 1.18 bits per heavy atom. The summed E-state index contributed by atoms with van der Waals surface area (Å²) in [5.41, 5.74) is 5.05. The molecular formula is C13H20N4. The number of fused-ring (bicyclic) bond motifs is 3. The van der Waals surface area contributed by atoms with Crippen molar-refractivity contribution in [3.8, 4) is 0 Å². The van der Waals surface area contributed by atoms with Crippen LogP contribution in [0.1, 0.15) is 30.5 Å². The topological polar surface area (TPSA) is 53.6 Å². The summed E-state index contributed by atoms with van der Waals surface area (Å²) in [4.78, 5) is 11.8. The van der Waals surface area contributed by atoms with Crippen LogP contribution in [0.4, 0.5) is 0 Å². The van der Waals surface area contributed by atoms with E-state index >= 15 is 0 Å². The minimum atomic E-state index is 1.10. The second kappa shape index (κ2) is 5.77. The number of hydrogen-bond donors (Lipinski definition) is 2. The number of aromatic amines is 1. The largest absolute Gasteiger partial charge is 0.356 e. The van der Waals surface area contributed by atoms with E-state index in [9.17, 15) is 0 Å². The van der Waals surface area contributed by atoms with Gasteiger partial charge >= 0.3 is 0 Å². The summed E-state index contributed by atoms with van der Waals surface area (Å²) in [6, 6.07) is 0. The lowest BCUT2D eigenvalue weighted by Gasteiger charge is -1.95. The van der Waals surface area contributed by atoms with Crippen molar-refractivity contribution in [2.75, 3.05) is 14.1 Å². The van der Waals surface area contributed by atoms with Crippen LogP contribution in [-0.4, -0.2) is 29.0 Å². The fourth-order valence-electron chi connectivity index (χ4n) is 2.31. The molecule has 0 bridgehead atoms. The molecule has 1 aliphatic carbocycles. The van der Waals surface area contributed by atoms with Gasteiger partial charge in [0.15, 0.2) is 0 Å². The fraction of sp³-hybridized carbons (Fsp3) is 0.538. The predicted octanol–water partition coefficient (Wildman–Crippen LogP) is 2.06. The van der Waals surface area contributed by atoms with Gasteiger partial charge in [0, 0.05) is 5.69 Å². The summed E-state index contributed by atoms with van der Waals surface area (Å²) in [5.74, 6) is 0. The Kier molecular flexibility index (Phi) is 4.09. The van der Waals surface area contributed by atoms with Crippen molar-refractivity contribution >= 4 is 11.0 Å². The van der Waals surface area contributed by atoms with Gasteiger partial charge in [-0.3, -0.25) is 0 Å². The zero-order chi connectivity index (χ0) is 12.1. The van der Waals surface area contributed by atoms with Gasteiger partial charge in [-0.15, -0.1) is 0 Å². The monoisotopic (exact) mass is 232 g/mol. The molecule has 1 aliphatic rings. The van der Waals surface area contributed by atoms with E-state index in [1.807, 2.05) is 20.3 Å². The van der Waals surface area contributed by atoms with E-state index in [0.29, 0.717) is 0 Å². The summed E-state index contributed by atoms with van der Waals surface area (Å²) < 4.78 is 0. The van der Waals surface area contributed by atoms with Crippen LogP contribution in [0.5, 0.6) is 0 Å². The Labute approximate surface area is 102 Å². The van der Waals surface area contributed by atoms with E-state index in [-0.39, 0.29) is 0 Å². The van der Waals surface area contributed by atoms with Crippen molar-refractivity contribution < 1.29 is 0 Å². The molecule has 92 valence electrons. The normalized spacial score (nSPS) is 14.7. The molecule has 3 rings (SSSR count). The van der Waals surface area contributed by atoms with Crippen molar-refractivity contribution in [1.29, 1.82) is 0 Å². The molecule has 0 fully saturated rings. The van der Waals surface area contributed by atoms with Gasteiger partial charge in [-0.2, -0.15) is 0 Å². The molecule has 0 saturated carbocycles. The Bertz CT molecular complexity index is 475. The third-order valence-corrected chi connectivity index (χ3v) is 3.00. The molecule has 0 unspecified atom stereocenters. The Morgan fingerprint density at radius 2 is 1.94 bits per heavy atom. The van der Waals surface area contributed by atoms with Gasteiger partial charge in [0.05, 0.1) is 17.2 Å². The van der Waals surface area contributed by atoms with Crippen LogP contribution in [0.3, 0.4) is 0 Å². The van der Waals surface area contributed by atoms with Gasteiger partial charge in [0.2, 0.25) is 0 Å². The van der Waals surface area contributed by atoms with Gasteiger partial charge in [-0.25, -0.2) is 9.97 Å². The van der Waals surface area contributed by atoms with Crippen LogP contribution in [-0.2, 0) is 12.8 Å². The van der Waals surface area contributed by atoms with Gasteiger partial charge < -0.3 is 10.3 Å². The average molecular weight is 232 g/mol. The number of aromatic nitrogens is 3. The molecule has 0 aliphatic heterocycles. The molecule has 0 saturated heterocycles. The van der Waals surface area contributed by atoms with Gasteiger partial charge in [0.25, 0.3) is 0 Å². The standard InChI is InChI=1S/C11H13N3.C2H7N/c1-2-4-8-9(5-3-1)14-10-6-12-7-13-11(8)10;1-3-2/h6-7,14H,1-5H2;3H,1-2H3. The lowest BCUT2D eigenvalue weighted by atomic mass is 10.1. The molecule has 0 radical (unpaired) electrons. The predicted molar refractivity (Wildman–Crippen MR) is 70.1 cm³/mol. The molecule has 2 aromatic heterocycles. The molecule has 4 heteroatoms. The summed E-state index contributed by atoms with van der Waals surface area (Å²) in [7, 11) is 3.75. The van der Waals surface area contributed by atoms with Crippen molar-refractivity contribution in [2.24, 2.45) is 0 Å². The molecule has 2 heterocycles. The molecule has 17 heavy (non-hydrogen) atoms. The highest BCUT2D eigenvalue weighted by Crippen LogP contribution is 2.25. The highest BCUT2D eigenvalue weighted by Gasteiger charge is 2.14. The zero-order valence-electron chi connectivity index (χ0n) is 10.6. The molecule has 0 amide bonds. The van der Waals surface area contributed by atoms with Crippen LogP contribution in [0.25, 0.3) is 11.0 Å². The first kappa shape index (κ1) is 12.0. The van der Waals surface area contributed by atoms with Gasteiger partial charge in [-0.05, 0) is 45.3 Å². The quantitative estimate of drug-likeness (QED) is 0.684. The average Bonchev–Trinajstić information content (AvgIpc) is 2.53. The lowest BCUT2D eigenvalue weighted by Crippen LogP contribution is -1.89. The van der Waals surface area contributed by atoms with Gasteiger partial charge in [0.1, 0.15) is 6.33 Å². The number of hydrogen-bond acceptors (Lipinski definition) is 3. The maximum Gasteiger partial charge on any atom is 0.116 e. The van der Waals surface area contributed by atoms with Crippen molar-refractivity contribution in [3.05, 3.63) is 23.8 Å². The molecule has 0 spiro atoms. The minimum Gasteiger partial charge on any atom is -0.356 e. The highest BCUT2D eigenvalue weighted by molar-refractivity contribution is 5.79. The molecule has 0 atom stereocenters. The van der Waals surface area contributed by atoms with Crippen molar-refractivity contribution in [2.45, 2.75) is 32.1 Å². The smallest absolute Gasteiger partial charge is 0.116 e. The van der Waals surface area contributed by atoms with Crippen LogP contribution < -0.4 is 5.32 Å². The zero-order valence-corrected chi connectivity index (χ0v) is 10.6. The lowest BCUT2D eigenvalue weighted by molar-refractivity contribution is 0.708. The number of aryl methyl sites for hydroxylation is 2. The van der Waals surface area contributed by atoms with E-state index in [0.717, 1.165) is 11.0 Å². The summed E-state index contributed by atoms with van der Waals surface area (Å²) >= 11 is 0. The highest BCUT2D eigenvalue weighted by atomic mass is 14.9. The van der Waals surface area contributed by atoms with Crippen molar-refractivity contribution in [1.82, 2.24) is 20.3 Å². The fourth-order valence-corrected chi connectivity index (χ4v) is 2.31.